The largest absolute Gasteiger partial charge is 0.497 e. The van der Waals surface area contributed by atoms with E-state index in [-0.39, 0.29) is 11.9 Å². The van der Waals surface area contributed by atoms with Crippen molar-refractivity contribution < 1.29 is 9.53 Å². The SMILES string of the molecule is COc1cccc([C@@H]2CCCCN2C(=O)c2cc(C(C)C)nn2C)c1. The van der Waals surface area contributed by atoms with Crippen LogP contribution in [0.4, 0.5) is 0 Å². The van der Waals surface area contributed by atoms with Gasteiger partial charge in [-0.2, -0.15) is 5.10 Å². The summed E-state index contributed by atoms with van der Waals surface area (Å²) in [5.74, 6) is 1.20. The van der Waals surface area contributed by atoms with Gasteiger partial charge in [-0.25, -0.2) is 0 Å². The highest BCUT2D eigenvalue weighted by Gasteiger charge is 2.30. The number of carbonyl (C=O) groups is 1. The molecule has 0 bridgehead atoms. The van der Waals surface area contributed by atoms with E-state index in [2.05, 4.69) is 25.0 Å². The molecule has 1 aromatic heterocycles. The van der Waals surface area contributed by atoms with Gasteiger partial charge in [0, 0.05) is 13.6 Å². The van der Waals surface area contributed by atoms with Crippen LogP contribution in [0.25, 0.3) is 0 Å². The first-order valence-electron chi connectivity index (χ1n) is 9.00. The molecule has 0 saturated carbocycles. The van der Waals surface area contributed by atoms with E-state index in [1.165, 1.54) is 0 Å². The molecule has 0 N–H and O–H groups in total. The number of nitrogens with zero attached hydrogens (tertiary/aromatic N) is 3. The van der Waals surface area contributed by atoms with Gasteiger partial charge in [-0.1, -0.05) is 26.0 Å². The summed E-state index contributed by atoms with van der Waals surface area (Å²) in [4.78, 5) is 15.2. The number of rotatable bonds is 4. The van der Waals surface area contributed by atoms with Crippen LogP contribution < -0.4 is 4.74 Å². The van der Waals surface area contributed by atoms with Crippen molar-refractivity contribution in [3.8, 4) is 5.75 Å². The minimum absolute atomic E-state index is 0.0643. The molecule has 1 aliphatic rings. The number of methoxy groups -OCH3 is 1. The molecule has 1 aliphatic heterocycles. The lowest BCUT2D eigenvalue weighted by atomic mass is 9.94. The van der Waals surface area contributed by atoms with E-state index < -0.39 is 0 Å². The van der Waals surface area contributed by atoms with Crippen LogP contribution in [-0.2, 0) is 7.05 Å². The smallest absolute Gasteiger partial charge is 0.272 e. The molecule has 2 heterocycles. The number of hydrogen-bond donors (Lipinski definition) is 0. The van der Waals surface area contributed by atoms with E-state index in [0.29, 0.717) is 11.6 Å². The van der Waals surface area contributed by atoms with Crippen LogP contribution in [-0.4, -0.2) is 34.2 Å². The van der Waals surface area contributed by atoms with Crippen LogP contribution in [0.5, 0.6) is 5.75 Å². The van der Waals surface area contributed by atoms with Crippen LogP contribution in [0.1, 0.15) is 66.8 Å². The summed E-state index contributed by atoms with van der Waals surface area (Å²) in [5, 5.41) is 4.50. The Hall–Kier alpha value is -2.30. The lowest BCUT2D eigenvalue weighted by Gasteiger charge is -2.36. The molecule has 134 valence electrons. The van der Waals surface area contributed by atoms with Crippen molar-refractivity contribution in [2.24, 2.45) is 7.05 Å². The van der Waals surface area contributed by atoms with Crippen molar-refractivity contribution in [2.75, 3.05) is 13.7 Å². The first kappa shape index (κ1) is 17.5. The monoisotopic (exact) mass is 341 g/mol. The molecule has 5 nitrogen and oxygen atoms in total. The Kier molecular flexibility index (Phi) is 5.11. The molecule has 0 unspecified atom stereocenters. The zero-order chi connectivity index (χ0) is 18.0. The number of carbonyl (C=O) groups excluding carboxylic acids is 1. The van der Waals surface area contributed by atoms with Crippen LogP contribution in [0.3, 0.4) is 0 Å². The third-order valence-corrected chi connectivity index (χ3v) is 4.95. The summed E-state index contributed by atoms with van der Waals surface area (Å²) in [6.07, 6.45) is 3.16. The van der Waals surface area contributed by atoms with Gasteiger partial charge in [0.25, 0.3) is 5.91 Å². The number of piperidine rings is 1. The van der Waals surface area contributed by atoms with Crippen LogP contribution in [0.15, 0.2) is 30.3 Å². The highest BCUT2D eigenvalue weighted by Crippen LogP contribution is 2.33. The molecular formula is C20H27N3O2. The number of amides is 1. The molecule has 3 rings (SSSR count). The highest BCUT2D eigenvalue weighted by molar-refractivity contribution is 5.93. The zero-order valence-electron chi connectivity index (χ0n) is 15.5. The van der Waals surface area contributed by atoms with Crippen molar-refractivity contribution in [1.82, 2.24) is 14.7 Å². The fourth-order valence-corrected chi connectivity index (χ4v) is 3.49. The van der Waals surface area contributed by atoms with Gasteiger partial charge >= 0.3 is 0 Å². The maximum atomic E-state index is 13.2. The summed E-state index contributed by atoms with van der Waals surface area (Å²) in [7, 11) is 3.52. The zero-order valence-corrected chi connectivity index (χ0v) is 15.5. The number of likely N-dealkylation sites (tertiary alicyclic amines) is 1. The van der Waals surface area contributed by atoms with Gasteiger partial charge in [-0.3, -0.25) is 9.48 Å². The van der Waals surface area contributed by atoms with E-state index in [9.17, 15) is 4.79 Å². The summed E-state index contributed by atoms with van der Waals surface area (Å²) >= 11 is 0. The molecule has 1 amide bonds. The molecule has 1 fully saturated rings. The Bertz CT molecular complexity index is 751. The van der Waals surface area contributed by atoms with E-state index in [4.69, 9.17) is 4.74 Å². The normalized spacial score (nSPS) is 17.8. The number of ether oxygens (including phenoxy) is 1. The topological polar surface area (TPSA) is 47.4 Å². The Morgan fingerprint density at radius 1 is 1.28 bits per heavy atom. The molecule has 1 saturated heterocycles. The molecule has 5 heteroatoms. The van der Waals surface area contributed by atoms with Gasteiger partial charge in [-0.05, 0) is 48.9 Å². The molecule has 1 atom stereocenters. The van der Waals surface area contributed by atoms with Gasteiger partial charge in [-0.15, -0.1) is 0 Å². The molecule has 2 aromatic rings. The first-order valence-corrected chi connectivity index (χ1v) is 9.00. The third-order valence-electron chi connectivity index (χ3n) is 4.95. The quantitative estimate of drug-likeness (QED) is 0.847. The molecule has 25 heavy (non-hydrogen) atoms. The summed E-state index contributed by atoms with van der Waals surface area (Å²) in [6, 6.07) is 10.1. The number of hydrogen-bond acceptors (Lipinski definition) is 3. The third kappa shape index (κ3) is 3.55. The van der Waals surface area contributed by atoms with E-state index in [1.54, 1.807) is 11.8 Å². The highest BCUT2D eigenvalue weighted by atomic mass is 16.5. The van der Waals surface area contributed by atoms with Gasteiger partial charge in [0.1, 0.15) is 11.4 Å². The average molecular weight is 341 g/mol. The molecule has 0 aliphatic carbocycles. The fourth-order valence-electron chi connectivity index (χ4n) is 3.49. The van der Waals surface area contributed by atoms with Crippen molar-refractivity contribution in [3.63, 3.8) is 0 Å². The van der Waals surface area contributed by atoms with Crippen molar-refractivity contribution >= 4 is 5.91 Å². The van der Waals surface area contributed by atoms with Crippen LogP contribution in [0, 0.1) is 0 Å². The number of aryl methyl sites for hydroxylation is 1. The van der Waals surface area contributed by atoms with Gasteiger partial charge < -0.3 is 9.64 Å². The van der Waals surface area contributed by atoms with Gasteiger partial charge in [0.2, 0.25) is 0 Å². The fraction of sp³-hybridized carbons (Fsp3) is 0.500. The molecule has 1 aromatic carbocycles. The minimum atomic E-state index is 0.0643. The number of aromatic nitrogens is 2. The maximum absolute atomic E-state index is 13.2. The van der Waals surface area contributed by atoms with E-state index in [1.807, 2.05) is 36.2 Å². The lowest BCUT2D eigenvalue weighted by Crippen LogP contribution is -2.39. The van der Waals surface area contributed by atoms with E-state index >= 15 is 0 Å². The Balaban J connectivity index is 1.91. The Labute approximate surface area is 149 Å². The van der Waals surface area contributed by atoms with E-state index in [0.717, 1.165) is 42.8 Å². The minimum Gasteiger partial charge on any atom is -0.497 e. The van der Waals surface area contributed by atoms with Gasteiger partial charge in [0.05, 0.1) is 18.8 Å². The molecule has 0 spiro atoms. The second-order valence-corrected chi connectivity index (χ2v) is 7.02. The Morgan fingerprint density at radius 3 is 2.76 bits per heavy atom. The Morgan fingerprint density at radius 2 is 2.08 bits per heavy atom. The number of benzene rings is 1. The summed E-state index contributed by atoms with van der Waals surface area (Å²) < 4.78 is 7.07. The van der Waals surface area contributed by atoms with Crippen LogP contribution >= 0.6 is 0 Å². The first-order chi connectivity index (χ1) is 12.0. The van der Waals surface area contributed by atoms with Crippen molar-refractivity contribution in [2.45, 2.75) is 45.1 Å². The van der Waals surface area contributed by atoms with Gasteiger partial charge in [0.15, 0.2) is 0 Å². The predicted octanol–water partition coefficient (Wildman–Crippen LogP) is 3.92. The predicted molar refractivity (Wildman–Crippen MR) is 97.9 cm³/mol. The van der Waals surface area contributed by atoms with Crippen molar-refractivity contribution in [3.05, 3.63) is 47.3 Å². The standard InChI is InChI=1S/C20H27N3O2/c1-14(2)17-13-19(22(3)21-17)20(24)23-11-6-5-10-18(23)15-8-7-9-16(12-15)25-4/h7-9,12-14,18H,5-6,10-11H2,1-4H3/t18-/m0/s1. The second-order valence-electron chi connectivity index (χ2n) is 7.02. The van der Waals surface area contributed by atoms with Crippen LogP contribution in [0.2, 0.25) is 0 Å². The summed E-state index contributed by atoms with van der Waals surface area (Å²) in [6.45, 7) is 4.97. The summed E-state index contributed by atoms with van der Waals surface area (Å²) in [5.41, 5.74) is 2.76. The van der Waals surface area contributed by atoms with Crippen molar-refractivity contribution in [1.29, 1.82) is 0 Å². The molecule has 0 radical (unpaired) electrons. The average Bonchev–Trinajstić information content (AvgIpc) is 3.03. The maximum Gasteiger partial charge on any atom is 0.272 e. The second kappa shape index (κ2) is 7.30. The lowest BCUT2D eigenvalue weighted by molar-refractivity contribution is 0.0600. The molecular weight excluding hydrogens is 314 g/mol.